The van der Waals surface area contributed by atoms with Crippen molar-refractivity contribution in [1.82, 2.24) is 44.1 Å². The van der Waals surface area contributed by atoms with Crippen molar-refractivity contribution in [2.24, 2.45) is 17.6 Å². The Labute approximate surface area is 367 Å². The third kappa shape index (κ3) is 10.0. The van der Waals surface area contributed by atoms with Gasteiger partial charge in [0.15, 0.2) is 43.1 Å². The summed E-state index contributed by atoms with van der Waals surface area (Å²) in [5, 5.41) is 38.9. The molecule has 2 saturated heterocycles. The van der Waals surface area contributed by atoms with E-state index in [4.69, 9.17) is 28.7 Å². The quantitative estimate of drug-likeness (QED) is 0.0420. The van der Waals surface area contributed by atoms with Gasteiger partial charge in [-0.2, -0.15) is 15.2 Å². The molecule has 6 rings (SSSR count). The minimum Gasteiger partial charge on any atom is -0.408 e. The van der Waals surface area contributed by atoms with Crippen molar-refractivity contribution in [3.63, 3.8) is 0 Å². The maximum Gasteiger partial charge on any atom is 0.406 e. The average Bonchev–Trinajstić information content (AvgIpc) is 3.98. The van der Waals surface area contributed by atoms with E-state index in [0.717, 1.165) is 0 Å². The van der Waals surface area contributed by atoms with Crippen molar-refractivity contribution < 1.29 is 47.3 Å². The van der Waals surface area contributed by atoms with Crippen molar-refractivity contribution in [2.75, 3.05) is 30.5 Å². The van der Waals surface area contributed by atoms with Crippen molar-refractivity contribution in [3.8, 4) is 6.07 Å². The maximum atomic E-state index is 14.7. The zero-order valence-corrected chi connectivity index (χ0v) is 38.8. The van der Waals surface area contributed by atoms with Crippen LogP contribution in [0, 0.1) is 23.2 Å². The van der Waals surface area contributed by atoms with Crippen LogP contribution < -0.4 is 32.6 Å². The van der Waals surface area contributed by atoms with Gasteiger partial charge >= 0.3 is 7.75 Å². The molecule has 9 atom stereocenters. The number of H-pyrrole nitrogens is 2. The predicted octanol–water partition coefficient (Wildman–Crippen LogP) is 1.32. The molecule has 0 spiro atoms. The average molecular weight is 934 g/mol. The highest BCUT2D eigenvalue weighted by molar-refractivity contribution is 7.51. The first kappa shape index (κ1) is 48.7. The summed E-state index contributed by atoms with van der Waals surface area (Å²) >= 11 is 0. The van der Waals surface area contributed by atoms with Crippen LogP contribution in [0.5, 0.6) is 0 Å². The Bertz CT molecular complexity index is 2570. The number of nitrogens with two attached hydrogens (primary N) is 1. The molecule has 0 bridgehead atoms. The third-order valence-electron chi connectivity index (χ3n) is 11.3. The zero-order chi connectivity index (χ0) is 47.1. The minimum absolute atomic E-state index is 0.0521. The number of anilines is 2. The number of aromatic nitrogens is 8. The monoisotopic (exact) mass is 933 g/mol. The fraction of sp³-hybridized carbons (Fsp3) is 0.649. The Morgan fingerprint density at radius 1 is 0.953 bits per heavy atom. The van der Waals surface area contributed by atoms with Gasteiger partial charge in [-0.3, -0.25) is 58.0 Å². The Kier molecular flexibility index (Phi) is 14.4. The number of rotatable bonds is 17. The lowest BCUT2D eigenvalue weighted by molar-refractivity contribution is -0.119. The van der Waals surface area contributed by atoms with E-state index in [1.165, 1.54) is 21.8 Å². The highest BCUT2D eigenvalue weighted by Gasteiger charge is 2.52. The number of nitrogens with zero attached hydrogens (tertiary/aromatic N) is 7. The third-order valence-corrected chi connectivity index (χ3v) is 17.4. The standard InChI is InChI=1S/C37H56N13O12PSi/c1-17(2)29(53)44-35-42-27-23(31(55)46-35)40-15-49(27)33-25(52)22(19(13-51)60-33)48-63(57,58-12-10-11-38)59-14-20-21(39)26(62-64(8,9)37(5,6)7)34(61-20)50-16-41-24-28(50)43-36(47-32(24)56)45-30(54)18(3)4/h15-22,25-26,33-34,51-52H,10,12-14,39H2,1-9H3,(H,48,57)(H2,42,44,46,53,55)(H2,43,45,47,54,56)/t19-,20-,21-,22-,25-,26?,33-,34-,63?/m1/s1. The molecule has 2 amide bonds. The van der Waals surface area contributed by atoms with Gasteiger partial charge in [0.2, 0.25) is 23.7 Å². The number of aliphatic hydroxyl groups is 2. The number of carbonyl (C=O) groups excluding carboxylic acids is 2. The molecule has 2 unspecified atom stereocenters. The molecule has 350 valence electrons. The van der Waals surface area contributed by atoms with E-state index in [9.17, 15) is 39.2 Å². The molecule has 9 N–H and O–H groups in total. The van der Waals surface area contributed by atoms with E-state index in [1.54, 1.807) is 27.7 Å². The molecule has 0 radical (unpaired) electrons. The predicted molar refractivity (Wildman–Crippen MR) is 231 cm³/mol. The number of carbonyl (C=O) groups is 2. The highest BCUT2D eigenvalue weighted by atomic mass is 31.2. The Balaban J connectivity index is 1.29. The smallest absolute Gasteiger partial charge is 0.406 e. The Morgan fingerprint density at radius 3 is 1.95 bits per heavy atom. The first-order valence-electron chi connectivity index (χ1n) is 20.6. The number of hydrogen-bond donors (Lipinski definition) is 8. The summed E-state index contributed by atoms with van der Waals surface area (Å²) in [6.07, 6.45) is -5.01. The molecular formula is C37H56N13O12PSi. The molecule has 0 aromatic carbocycles. The molecule has 2 aliphatic rings. The molecule has 64 heavy (non-hydrogen) atoms. The number of amides is 2. The maximum absolute atomic E-state index is 14.7. The molecular weight excluding hydrogens is 878 g/mol. The summed E-state index contributed by atoms with van der Waals surface area (Å²) in [4.78, 5) is 73.1. The second-order valence-electron chi connectivity index (χ2n) is 17.7. The van der Waals surface area contributed by atoms with Crippen molar-refractivity contribution in [3.05, 3.63) is 33.4 Å². The van der Waals surface area contributed by atoms with Gasteiger partial charge in [-0.15, -0.1) is 0 Å². The Morgan fingerprint density at radius 2 is 1.47 bits per heavy atom. The fourth-order valence-corrected chi connectivity index (χ4v) is 9.50. The van der Waals surface area contributed by atoms with Crippen LogP contribution in [0.15, 0.2) is 22.2 Å². The molecule has 2 fully saturated rings. The lowest BCUT2D eigenvalue weighted by atomic mass is 10.1. The van der Waals surface area contributed by atoms with Crippen molar-refractivity contribution in [2.45, 2.75) is 122 Å². The van der Waals surface area contributed by atoms with Gasteiger partial charge in [0.1, 0.15) is 24.4 Å². The number of aliphatic hydroxyl groups excluding tert-OH is 2. The number of hydrogen-bond acceptors (Lipinski definition) is 18. The van der Waals surface area contributed by atoms with E-state index >= 15 is 0 Å². The molecule has 25 nitrogen and oxygen atoms in total. The van der Waals surface area contributed by atoms with Crippen molar-refractivity contribution in [1.29, 1.82) is 5.26 Å². The zero-order valence-electron chi connectivity index (χ0n) is 36.9. The molecule has 4 aromatic rings. The first-order chi connectivity index (χ1) is 30.0. The molecule has 27 heteroatoms. The number of nitrogens with one attached hydrogen (secondary N) is 5. The van der Waals surface area contributed by atoms with Crippen LogP contribution in [0.4, 0.5) is 11.9 Å². The van der Waals surface area contributed by atoms with Crippen LogP contribution in [0.2, 0.25) is 18.1 Å². The molecule has 0 saturated carbocycles. The van der Waals surface area contributed by atoms with Crippen LogP contribution in [-0.4, -0.2) is 126 Å². The normalized spacial score (nSPS) is 25.0. The second-order valence-corrected chi connectivity index (χ2v) is 24.2. The summed E-state index contributed by atoms with van der Waals surface area (Å²) < 4.78 is 48.3. The van der Waals surface area contributed by atoms with E-state index in [-0.39, 0.29) is 58.2 Å². The van der Waals surface area contributed by atoms with Gasteiger partial charge in [0.25, 0.3) is 11.1 Å². The van der Waals surface area contributed by atoms with Gasteiger partial charge in [-0.25, -0.2) is 19.6 Å². The lowest BCUT2D eigenvalue weighted by Gasteiger charge is -2.40. The summed E-state index contributed by atoms with van der Waals surface area (Å²) in [6.45, 7) is 15.2. The summed E-state index contributed by atoms with van der Waals surface area (Å²) in [5.41, 5.74) is 5.37. The van der Waals surface area contributed by atoms with Gasteiger partial charge < -0.3 is 29.8 Å². The van der Waals surface area contributed by atoms with Gasteiger partial charge in [0, 0.05) is 11.8 Å². The van der Waals surface area contributed by atoms with Gasteiger partial charge in [0.05, 0.1) is 57.0 Å². The van der Waals surface area contributed by atoms with E-state index in [2.05, 4.69) is 45.6 Å². The van der Waals surface area contributed by atoms with Gasteiger partial charge in [-0.05, 0) is 18.1 Å². The fourth-order valence-electron chi connectivity index (χ4n) is 6.61. The van der Waals surface area contributed by atoms with Gasteiger partial charge in [-0.1, -0.05) is 48.5 Å². The molecule has 2 aliphatic heterocycles. The van der Waals surface area contributed by atoms with Crippen LogP contribution in [0.25, 0.3) is 22.3 Å². The van der Waals surface area contributed by atoms with E-state index in [1.807, 2.05) is 39.9 Å². The highest BCUT2D eigenvalue weighted by Crippen LogP contribution is 2.49. The van der Waals surface area contributed by atoms with E-state index < -0.39 is 107 Å². The molecule has 0 aliphatic carbocycles. The second kappa shape index (κ2) is 19.0. The number of imidazole rings is 2. The summed E-state index contributed by atoms with van der Waals surface area (Å²) in [5.74, 6) is -1.96. The van der Waals surface area contributed by atoms with Crippen LogP contribution >= 0.6 is 7.75 Å². The van der Waals surface area contributed by atoms with Crippen molar-refractivity contribution >= 4 is 62.1 Å². The largest absolute Gasteiger partial charge is 0.408 e. The minimum atomic E-state index is -4.58. The molecule has 6 heterocycles. The number of ether oxygens (including phenoxy) is 2. The van der Waals surface area contributed by atoms with Crippen LogP contribution in [0.3, 0.4) is 0 Å². The number of nitriles is 1. The number of aromatic amines is 2. The lowest BCUT2D eigenvalue weighted by Crippen LogP contribution is -2.51. The first-order valence-corrected chi connectivity index (χ1v) is 25.1. The number of fused-ring (bicyclic) bond motifs is 2. The Hall–Kier alpha value is -4.78. The van der Waals surface area contributed by atoms with Crippen LogP contribution in [-0.2, 0) is 37.1 Å². The molecule has 4 aromatic heterocycles. The topological polar surface area (TPSA) is 351 Å². The SMILES string of the molecule is CC(C)C(=O)Nc1nc2c(ncn2[C@@H]2O[C@H](COP(=O)(N[C@H]3[C@@H](O)[C@H](n4cnc5c(=O)[nH]c(NC(=O)C(C)C)nc54)O[C@@H]3CO)OCCC#N)[C@@H](N)C2O[Si](C)(C)C(C)(C)C)c(=O)[nH]1. The van der Waals surface area contributed by atoms with Crippen LogP contribution in [0.1, 0.15) is 67.3 Å². The summed E-state index contributed by atoms with van der Waals surface area (Å²) in [7, 11) is -7.21. The summed E-state index contributed by atoms with van der Waals surface area (Å²) in [6, 6.07) is -0.436. The van der Waals surface area contributed by atoms with E-state index in [0.29, 0.717) is 0 Å².